The number of carbonyl (C=O) groups excluding carboxylic acids is 1. The number of carbonyl (C=O) groups is 1. The third-order valence-electron chi connectivity index (χ3n) is 4.77. The minimum absolute atomic E-state index is 0.0531. The van der Waals surface area contributed by atoms with Gasteiger partial charge < -0.3 is 4.74 Å². The molecule has 0 amide bonds. The van der Waals surface area contributed by atoms with Gasteiger partial charge in [-0.2, -0.15) is 5.26 Å². The van der Waals surface area contributed by atoms with Gasteiger partial charge in [-0.25, -0.2) is 0 Å². The van der Waals surface area contributed by atoms with Crippen LogP contribution >= 0.6 is 0 Å². The molecule has 1 aliphatic carbocycles. The summed E-state index contributed by atoms with van der Waals surface area (Å²) in [5.41, 5.74) is -0.291. The molecule has 0 aliphatic heterocycles. The van der Waals surface area contributed by atoms with Gasteiger partial charge in [0, 0.05) is 11.8 Å². The average Bonchev–Trinajstić information content (AvgIpc) is 2.59. The molecule has 4 atom stereocenters. The lowest BCUT2D eigenvalue weighted by Gasteiger charge is -2.45. The van der Waals surface area contributed by atoms with Gasteiger partial charge >= 0.3 is 5.97 Å². The van der Waals surface area contributed by atoms with E-state index in [9.17, 15) is 10.1 Å². The normalized spacial score (nSPS) is 30.8. The number of hydrogen-bond donors (Lipinski definition) is 0. The second-order valence-corrected chi connectivity index (χ2v) is 5.68. The Bertz CT molecular complexity index is 602. The predicted octanol–water partition coefficient (Wildman–Crippen LogP) is 3.85. The Kier molecular flexibility index (Phi) is 4.82. The van der Waals surface area contributed by atoms with E-state index in [2.05, 4.69) is 19.2 Å². The van der Waals surface area contributed by atoms with Gasteiger partial charge in [0.05, 0.1) is 13.2 Å². The van der Waals surface area contributed by atoms with E-state index in [0.717, 1.165) is 18.4 Å². The third-order valence-corrected chi connectivity index (χ3v) is 4.77. The summed E-state index contributed by atoms with van der Waals surface area (Å²) in [5.74, 6) is -0.940. The van der Waals surface area contributed by atoms with E-state index in [-0.39, 0.29) is 17.8 Å². The van der Waals surface area contributed by atoms with Crippen molar-refractivity contribution in [1.29, 1.82) is 5.26 Å². The third kappa shape index (κ3) is 2.35. The molecule has 0 radical (unpaired) electrons. The molecule has 22 heavy (non-hydrogen) atoms. The monoisotopic (exact) mass is 295 g/mol. The van der Waals surface area contributed by atoms with Crippen LogP contribution in [0.3, 0.4) is 0 Å². The summed E-state index contributed by atoms with van der Waals surface area (Å²) in [4.78, 5) is 12.6. The second kappa shape index (κ2) is 6.62. The molecule has 3 nitrogen and oxygen atoms in total. The maximum absolute atomic E-state index is 12.6. The van der Waals surface area contributed by atoms with E-state index >= 15 is 0 Å². The van der Waals surface area contributed by atoms with Crippen molar-refractivity contribution < 1.29 is 9.53 Å². The molecule has 0 heterocycles. The molecule has 0 N–H and O–H groups in total. The maximum Gasteiger partial charge on any atom is 0.327 e. The van der Waals surface area contributed by atoms with E-state index in [1.165, 1.54) is 7.11 Å². The average molecular weight is 295 g/mol. The Morgan fingerprint density at radius 2 is 2.00 bits per heavy atom. The number of allylic oxidation sites excluding steroid dienone is 2. The number of benzene rings is 1. The summed E-state index contributed by atoms with van der Waals surface area (Å²) in [6, 6.07) is 12.0. The molecule has 114 valence electrons. The van der Waals surface area contributed by atoms with Crippen LogP contribution in [0.1, 0.15) is 24.3 Å². The number of nitrogens with zero attached hydrogens (tertiary/aromatic N) is 1. The van der Waals surface area contributed by atoms with Crippen LogP contribution in [0.25, 0.3) is 0 Å². The number of ether oxygens (including phenoxy) is 1. The highest BCUT2D eigenvalue weighted by Crippen LogP contribution is 2.54. The molecule has 3 heteroatoms. The number of methoxy groups -OCH3 is 1. The van der Waals surface area contributed by atoms with Crippen molar-refractivity contribution in [2.24, 2.45) is 17.3 Å². The van der Waals surface area contributed by atoms with E-state index in [1.54, 1.807) is 6.08 Å². The highest BCUT2D eigenvalue weighted by Gasteiger charge is 2.57. The molecule has 1 aromatic carbocycles. The smallest absolute Gasteiger partial charge is 0.327 e. The van der Waals surface area contributed by atoms with E-state index in [0.29, 0.717) is 0 Å². The summed E-state index contributed by atoms with van der Waals surface area (Å²) in [7, 11) is 1.33. The fourth-order valence-corrected chi connectivity index (χ4v) is 3.71. The van der Waals surface area contributed by atoms with E-state index in [4.69, 9.17) is 4.74 Å². The maximum atomic E-state index is 12.6. The topological polar surface area (TPSA) is 50.1 Å². The minimum Gasteiger partial charge on any atom is -0.468 e. The Morgan fingerprint density at radius 1 is 1.32 bits per heavy atom. The van der Waals surface area contributed by atoms with Crippen molar-refractivity contribution in [3.8, 4) is 6.07 Å². The summed E-state index contributed by atoms with van der Waals surface area (Å²) >= 11 is 0. The van der Waals surface area contributed by atoms with E-state index in [1.807, 2.05) is 36.4 Å². The SMILES string of the molecule is C=CC1CCC(C=C)C(C#N)(C(=O)OC)C1c1ccccc1. The summed E-state index contributed by atoms with van der Waals surface area (Å²) in [6.45, 7) is 7.75. The van der Waals surface area contributed by atoms with E-state index < -0.39 is 11.4 Å². The van der Waals surface area contributed by atoms with Gasteiger partial charge in [0.25, 0.3) is 0 Å². The van der Waals surface area contributed by atoms with Gasteiger partial charge in [-0.1, -0.05) is 42.5 Å². The molecule has 0 saturated heterocycles. The Labute approximate surface area is 131 Å². The van der Waals surface area contributed by atoms with Gasteiger partial charge in [0.1, 0.15) is 0 Å². The predicted molar refractivity (Wildman–Crippen MR) is 85.9 cm³/mol. The van der Waals surface area contributed by atoms with Crippen LogP contribution in [0, 0.1) is 28.6 Å². The molecular formula is C19H21NO2. The molecular weight excluding hydrogens is 274 g/mol. The van der Waals surface area contributed by atoms with Crippen molar-refractivity contribution in [3.63, 3.8) is 0 Å². The fraction of sp³-hybridized carbons (Fsp3) is 0.368. The Morgan fingerprint density at radius 3 is 2.50 bits per heavy atom. The number of nitriles is 1. The van der Waals surface area contributed by atoms with Crippen molar-refractivity contribution in [1.82, 2.24) is 0 Å². The van der Waals surface area contributed by atoms with Crippen LogP contribution in [-0.2, 0) is 9.53 Å². The Hall–Kier alpha value is -2.34. The van der Waals surface area contributed by atoms with Crippen molar-refractivity contribution in [2.45, 2.75) is 18.8 Å². The number of hydrogen-bond acceptors (Lipinski definition) is 3. The lowest BCUT2D eigenvalue weighted by molar-refractivity contribution is -0.155. The molecule has 1 fully saturated rings. The molecule has 4 unspecified atom stereocenters. The van der Waals surface area contributed by atoms with Gasteiger partial charge in [0.2, 0.25) is 0 Å². The van der Waals surface area contributed by atoms with Crippen LogP contribution in [-0.4, -0.2) is 13.1 Å². The zero-order chi connectivity index (χ0) is 16.2. The van der Waals surface area contributed by atoms with Gasteiger partial charge in [0.15, 0.2) is 5.41 Å². The minimum atomic E-state index is -1.25. The van der Waals surface area contributed by atoms with Crippen molar-refractivity contribution >= 4 is 5.97 Å². The molecule has 1 aliphatic rings. The lowest BCUT2D eigenvalue weighted by Crippen LogP contribution is -2.48. The van der Waals surface area contributed by atoms with Crippen LogP contribution in [0.15, 0.2) is 55.6 Å². The first-order valence-corrected chi connectivity index (χ1v) is 7.45. The number of rotatable bonds is 4. The van der Waals surface area contributed by atoms with Gasteiger partial charge in [-0.3, -0.25) is 4.79 Å². The molecule has 2 rings (SSSR count). The molecule has 0 spiro atoms. The Balaban J connectivity index is 2.68. The lowest BCUT2D eigenvalue weighted by atomic mass is 9.55. The van der Waals surface area contributed by atoms with Crippen molar-refractivity contribution in [2.75, 3.05) is 7.11 Å². The first-order valence-electron chi connectivity index (χ1n) is 7.45. The number of esters is 1. The van der Waals surface area contributed by atoms with Crippen LogP contribution in [0.5, 0.6) is 0 Å². The largest absolute Gasteiger partial charge is 0.468 e. The summed E-state index contributed by atoms with van der Waals surface area (Å²) < 4.78 is 5.02. The second-order valence-electron chi connectivity index (χ2n) is 5.68. The standard InChI is InChI=1S/C19H21NO2/c1-4-14-11-12-16(5-2)19(13-20,18(21)22-3)17(14)15-9-7-6-8-10-15/h4-10,14,16-17H,1-2,11-12H2,3H3. The van der Waals surface area contributed by atoms with Gasteiger partial charge in [-0.15, -0.1) is 13.2 Å². The fourth-order valence-electron chi connectivity index (χ4n) is 3.71. The first-order chi connectivity index (χ1) is 10.6. The highest BCUT2D eigenvalue weighted by molar-refractivity contribution is 5.82. The summed E-state index contributed by atoms with van der Waals surface area (Å²) in [6.07, 6.45) is 5.17. The zero-order valence-corrected chi connectivity index (χ0v) is 12.9. The van der Waals surface area contributed by atoms with Crippen LogP contribution < -0.4 is 0 Å². The zero-order valence-electron chi connectivity index (χ0n) is 12.9. The van der Waals surface area contributed by atoms with Crippen LogP contribution in [0.2, 0.25) is 0 Å². The van der Waals surface area contributed by atoms with Crippen molar-refractivity contribution in [3.05, 3.63) is 61.2 Å². The molecule has 0 aromatic heterocycles. The first kappa shape index (κ1) is 16.0. The van der Waals surface area contributed by atoms with Crippen LogP contribution in [0.4, 0.5) is 0 Å². The molecule has 1 saturated carbocycles. The quantitative estimate of drug-likeness (QED) is 0.626. The summed E-state index contributed by atoms with van der Waals surface area (Å²) in [5, 5.41) is 9.96. The highest BCUT2D eigenvalue weighted by atomic mass is 16.5. The molecule has 0 bridgehead atoms. The molecule has 1 aromatic rings. The van der Waals surface area contributed by atoms with Gasteiger partial charge in [-0.05, 0) is 24.3 Å².